The molecule has 24 heavy (non-hydrogen) atoms. The molecule has 3 heterocycles. The van der Waals surface area contributed by atoms with Crippen molar-refractivity contribution < 1.29 is 13.2 Å². The van der Waals surface area contributed by atoms with E-state index in [1.807, 2.05) is 17.5 Å². The third kappa shape index (κ3) is 2.46. The number of thiophene rings is 1. The summed E-state index contributed by atoms with van der Waals surface area (Å²) < 4.78 is 41.5. The number of fused-ring (bicyclic) bond motifs is 1. The fourth-order valence-electron chi connectivity index (χ4n) is 2.66. The first kappa shape index (κ1) is 14.9. The number of halogens is 3. The SMILES string of the molecule is FC(F)(F)c1ccccc1[C@H]1C=C(c2cccs2)Nc2nnnn21. The van der Waals surface area contributed by atoms with Gasteiger partial charge in [-0.05, 0) is 39.6 Å². The Kier molecular flexibility index (Phi) is 3.38. The summed E-state index contributed by atoms with van der Waals surface area (Å²) in [7, 11) is 0. The molecule has 0 fully saturated rings. The zero-order valence-corrected chi connectivity index (χ0v) is 12.8. The number of aromatic nitrogens is 4. The average Bonchev–Trinajstić information content (AvgIpc) is 3.24. The first-order valence-corrected chi connectivity index (χ1v) is 7.89. The Hall–Kier alpha value is -2.68. The minimum absolute atomic E-state index is 0.106. The fourth-order valence-corrected chi connectivity index (χ4v) is 3.37. The number of anilines is 1. The smallest absolute Gasteiger partial charge is 0.322 e. The molecule has 1 aliphatic heterocycles. The van der Waals surface area contributed by atoms with Crippen LogP contribution < -0.4 is 5.32 Å². The van der Waals surface area contributed by atoms with Crippen LogP contribution >= 0.6 is 11.3 Å². The summed E-state index contributed by atoms with van der Waals surface area (Å²) in [6, 6.07) is 8.49. The monoisotopic (exact) mass is 349 g/mol. The molecular formula is C15H10F3N5S. The highest BCUT2D eigenvalue weighted by molar-refractivity contribution is 7.11. The van der Waals surface area contributed by atoms with E-state index in [0.29, 0.717) is 11.6 Å². The lowest BCUT2D eigenvalue weighted by atomic mass is 9.98. The number of hydrogen-bond acceptors (Lipinski definition) is 5. The van der Waals surface area contributed by atoms with E-state index in [-0.39, 0.29) is 5.56 Å². The summed E-state index contributed by atoms with van der Waals surface area (Å²) in [6.45, 7) is 0. The van der Waals surface area contributed by atoms with E-state index in [9.17, 15) is 13.2 Å². The van der Waals surface area contributed by atoms with Crippen LogP contribution in [0.1, 0.15) is 22.0 Å². The molecule has 1 aromatic carbocycles. The van der Waals surface area contributed by atoms with Crippen molar-refractivity contribution in [1.29, 1.82) is 0 Å². The normalized spacial score (nSPS) is 17.1. The van der Waals surface area contributed by atoms with Gasteiger partial charge in [0.25, 0.3) is 0 Å². The second-order valence-electron chi connectivity index (χ2n) is 5.16. The van der Waals surface area contributed by atoms with E-state index < -0.39 is 17.8 Å². The lowest BCUT2D eigenvalue weighted by Gasteiger charge is -2.25. The van der Waals surface area contributed by atoms with Crippen LogP contribution in [0.25, 0.3) is 5.70 Å². The quantitative estimate of drug-likeness (QED) is 0.764. The highest BCUT2D eigenvalue weighted by Gasteiger charge is 2.36. The van der Waals surface area contributed by atoms with E-state index in [1.165, 1.54) is 28.2 Å². The Morgan fingerprint density at radius 3 is 2.71 bits per heavy atom. The standard InChI is InChI=1S/C15H10F3N5S/c16-15(17,18)10-5-2-1-4-9(10)12-8-11(13-6-3-7-24-13)19-14-20-21-22-23(12)14/h1-8,12H,(H,19,20,22)/t12-/m1/s1. The Labute approximate surface area is 138 Å². The number of allylic oxidation sites excluding steroid dienone is 1. The number of tetrazole rings is 1. The molecule has 1 atom stereocenters. The van der Waals surface area contributed by atoms with Gasteiger partial charge in [-0.1, -0.05) is 29.4 Å². The molecule has 3 aromatic rings. The van der Waals surface area contributed by atoms with E-state index in [0.717, 1.165) is 10.9 Å². The lowest BCUT2D eigenvalue weighted by molar-refractivity contribution is -0.138. The molecule has 0 saturated carbocycles. The molecule has 4 rings (SSSR count). The molecule has 0 saturated heterocycles. The first-order valence-electron chi connectivity index (χ1n) is 7.01. The summed E-state index contributed by atoms with van der Waals surface area (Å²) in [6.07, 6.45) is -2.74. The predicted octanol–water partition coefficient (Wildman–Crippen LogP) is 3.81. The Morgan fingerprint density at radius 2 is 1.96 bits per heavy atom. The second-order valence-corrected chi connectivity index (χ2v) is 6.11. The van der Waals surface area contributed by atoms with Crippen LogP contribution in [-0.4, -0.2) is 20.2 Å². The number of hydrogen-bond donors (Lipinski definition) is 1. The fraction of sp³-hybridized carbons (Fsp3) is 0.133. The van der Waals surface area contributed by atoms with Crippen molar-refractivity contribution >= 4 is 23.0 Å². The second kappa shape index (κ2) is 5.45. The van der Waals surface area contributed by atoms with Crippen molar-refractivity contribution in [3.63, 3.8) is 0 Å². The summed E-state index contributed by atoms with van der Waals surface area (Å²) >= 11 is 1.48. The van der Waals surface area contributed by atoms with Gasteiger partial charge in [0.15, 0.2) is 0 Å². The van der Waals surface area contributed by atoms with E-state index in [2.05, 4.69) is 20.8 Å². The van der Waals surface area contributed by atoms with Crippen LogP contribution in [-0.2, 0) is 6.18 Å². The van der Waals surface area contributed by atoms with Crippen LogP contribution in [0.4, 0.5) is 19.1 Å². The summed E-state index contributed by atoms with van der Waals surface area (Å²) in [5.74, 6) is 0.308. The van der Waals surface area contributed by atoms with Gasteiger partial charge in [0, 0.05) is 0 Å². The van der Waals surface area contributed by atoms with Gasteiger partial charge in [0.2, 0.25) is 5.95 Å². The van der Waals surface area contributed by atoms with Crippen molar-refractivity contribution in [3.05, 3.63) is 63.9 Å². The molecule has 122 valence electrons. The molecule has 0 radical (unpaired) electrons. The minimum atomic E-state index is -4.45. The Bertz CT molecular complexity index is 898. The van der Waals surface area contributed by atoms with Gasteiger partial charge in [0.1, 0.15) is 6.04 Å². The van der Waals surface area contributed by atoms with Crippen LogP contribution in [0.15, 0.2) is 47.9 Å². The van der Waals surface area contributed by atoms with Gasteiger partial charge < -0.3 is 5.32 Å². The largest absolute Gasteiger partial charge is 0.416 e. The topological polar surface area (TPSA) is 55.6 Å². The van der Waals surface area contributed by atoms with Crippen molar-refractivity contribution in [2.75, 3.05) is 5.32 Å². The summed E-state index contributed by atoms with van der Waals surface area (Å²) in [4.78, 5) is 0.902. The number of alkyl halides is 3. The highest BCUT2D eigenvalue weighted by atomic mass is 32.1. The van der Waals surface area contributed by atoms with Crippen LogP contribution in [0.3, 0.4) is 0 Å². The van der Waals surface area contributed by atoms with E-state index in [1.54, 1.807) is 12.1 Å². The molecule has 0 amide bonds. The van der Waals surface area contributed by atoms with Crippen molar-refractivity contribution in [2.45, 2.75) is 12.2 Å². The summed E-state index contributed by atoms with van der Waals surface area (Å²) in [5, 5.41) is 16.2. The molecule has 9 heteroatoms. The van der Waals surface area contributed by atoms with Gasteiger partial charge >= 0.3 is 6.18 Å². The number of rotatable bonds is 2. The lowest BCUT2D eigenvalue weighted by Crippen LogP contribution is -2.22. The average molecular weight is 349 g/mol. The van der Waals surface area contributed by atoms with Crippen LogP contribution in [0.2, 0.25) is 0 Å². The molecule has 0 spiro atoms. The van der Waals surface area contributed by atoms with Gasteiger partial charge in [-0.15, -0.1) is 11.3 Å². The highest BCUT2D eigenvalue weighted by Crippen LogP contribution is 2.39. The zero-order chi connectivity index (χ0) is 16.7. The van der Waals surface area contributed by atoms with Crippen molar-refractivity contribution in [2.24, 2.45) is 0 Å². The zero-order valence-electron chi connectivity index (χ0n) is 12.0. The van der Waals surface area contributed by atoms with Gasteiger partial charge in [-0.25, -0.2) is 0 Å². The maximum absolute atomic E-state index is 13.4. The van der Waals surface area contributed by atoms with Crippen LogP contribution in [0, 0.1) is 0 Å². The minimum Gasteiger partial charge on any atom is -0.322 e. The molecule has 5 nitrogen and oxygen atoms in total. The number of nitrogens with zero attached hydrogens (tertiary/aromatic N) is 4. The Balaban J connectivity index is 1.88. The van der Waals surface area contributed by atoms with Crippen LogP contribution in [0.5, 0.6) is 0 Å². The molecular weight excluding hydrogens is 339 g/mol. The third-order valence-electron chi connectivity index (χ3n) is 3.70. The summed E-state index contributed by atoms with van der Waals surface area (Å²) in [5.41, 5.74) is 0.100. The number of benzene rings is 1. The first-order chi connectivity index (χ1) is 11.5. The maximum atomic E-state index is 13.4. The van der Waals surface area contributed by atoms with E-state index in [4.69, 9.17) is 0 Å². The van der Waals surface area contributed by atoms with Gasteiger partial charge in [0.05, 0.1) is 16.1 Å². The van der Waals surface area contributed by atoms with Gasteiger partial charge in [-0.3, -0.25) is 0 Å². The molecule has 0 bridgehead atoms. The molecule has 0 unspecified atom stereocenters. The maximum Gasteiger partial charge on any atom is 0.416 e. The van der Waals surface area contributed by atoms with Crippen molar-refractivity contribution in [3.8, 4) is 0 Å². The predicted molar refractivity (Wildman–Crippen MR) is 83.3 cm³/mol. The Morgan fingerprint density at radius 1 is 1.12 bits per heavy atom. The molecule has 0 aliphatic carbocycles. The third-order valence-corrected chi connectivity index (χ3v) is 4.60. The van der Waals surface area contributed by atoms with Gasteiger partial charge in [-0.2, -0.15) is 17.9 Å². The van der Waals surface area contributed by atoms with E-state index >= 15 is 0 Å². The molecule has 1 N–H and O–H groups in total. The molecule has 1 aliphatic rings. The number of nitrogens with one attached hydrogen (secondary N) is 1. The molecule has 2 aromatic heterocycles. The van der Waals surface area contributed by atoms with Crippen molar-refractivity contribution in [1.82, 2.24) is 20.2 Å².